The number of aryl methyl sites for hydroxylation is 1. The molecule has 0 saturated heterocycles. The standard InChI is InChI=1S/C29H22N2/c1-21-12-14-22(15-13-21)23-16-18-26(19-17-23)29-30-27(24-8-4-2-5-9-24)20-28(31-29)25-10-6-3-7-11-25/h2-20H,1H3. The van der Waals surface area contributed by atoms with Crippen LogP contribution < -0.4 is 0 Å². The van der Waals surface area contributed by atoms with E-state index in [-0.39, 0.29) is 0 Å². The summed E-state index contributed by atoms with van der Waals surface area (Å²) >= 11 is 0. The topological polar surface area (TPSA) is 25.8 Å². The minimum Gasteiger partial charge on any atom is -0.228 e. The molecule has 31 heavy (non-hydrogen) atoms. The van der Waals surface area contributed by atoms with Gasteiger partial charge in [-0.3, -0.25) is 0 Å². The van der Waals surface area contributed by atoms with Gasteiger partial charge in [0.2, 0.25) is 0 Å². The average Bonchev–Trinajstić information content (AvgIpc) is 2.85. The first-order chi connectivity index (χ1) is 15.3. The van der Waals surface area contributed by atoms with Crippen molar-refractivity contribution in [3.8, 4) is 45.0 Å². The molecule has 0 N–H and O–H groups in total. The molecule has 2 nitrogen and oxygen atoms in total. The van der Waals surface area contributed by atoms with Crippen molar-refractivity contribution >= 4 is 0 Å². The lowest BCUT2D eigenvalue weighted by Gasteiger charge is -2.10. The number of aromatic nitrogens is 2. The zero-order valence-corrected chi connectivity index (χ0v) is 17.4. The highest BCUT2D eigenvalue weighted by Gasteiger charge is 2.10. The molecule has 4 aromatic carbocycles. The van der Waals surface area contributed by atoms with Crippen LogP contribution in [-0.4, -0.2) is 9.97 Å². The highest BCUT2D eigenvalue weighted by molar-refractivity contribution is 5.73. The van der Waals surface area contributed by atoms with Crippen LogP contribution in [0.1, 0.15) is 5.56 Å². The van der Waals surface area contributed by atoms with Crippen molar-refractivity contribution in [2.75, 3.05) is 0 Å². The van der Waals surface area contributed by atoms with Crippen LogP contribution in [0.25, 0.3) is 45.0 Å². The molecule has 1 aromatic heterocycles. The van der Waals surface area contributed by atoms with Crippen LogP contribution in [0.4, 0.5) is 0 Å². The van der Waals surface area contributed by atoms with Crippen LogP contribution in [0.2, 0.25) is 0 Å². The number of rotatable bonds is 4. The summed E-state index contributed by atoms with van der Waals surface area (Å²) in [6.07, 6.45) is 0. The fraction of sp³-hybridized carbons (Fsp3) is 0.0345. The van der Waals surface area contributed by atoms with Crippen molar-refractivity contribution in [2.45, 2.75) is 6.92 Å². The van der Waals surface area contributed by atoms with Crippen LogP contribution in [0, 0.1) is 6.92 Å². The molecule has 0 amide bonds. The second-order valence-electron chi connectivity index (χ2n) is 7.64. The zero-order chi connectivity index (χ0) is 21.0. The zero-order valence-electron chi connectivity index (χ0n) is 17.4. The number of benzene rings is 4. The van der Waals surface area contributed by atoms with Crippen molar-refractivity contribution in [3.63, 3.8) is 0 Å². The summed E-state index contributed by atoms with van der Waals surface area (Å²) < 4.78 is 0. The second-order valence-corrected chi connectivity index (χ2v) is 7.64. The molecule has 0 spiro atoms. The normalized spacial score (nSPS) is 10.7. The first-order valence-corrected chi connectivity index (χ1v) is 10.4. The van der Waals surface area contributed by atoms with E-state index in [0.717, 1.165) is 33.9 Å². The Balaban J connectivity index is 1.58. The summed E-state index contributed by atoms with van der Waals surface area (Å²) in [4.78, 5) is 9.80. The third-order valence-electron chi connectivity index (χ3n) is 5.39. The Morgan fingerprint density at radius 1 is 0.419 bits per heavy atom. The van der Waals surface area contributed by atoms with Gasteiger partial charge in [-0.25, -0.2) is 9.97 Å². The van der Waals surface area contributed by atoms with Crippen LogP contribution in [0.5, 0.6) is 0 Å². The summed E-state index contributed by atoms with van der Waals surface area (Å²) in [6, 6.07) is 39.7. The number of hydrogen-bond donors (Lipinski definition) is 0. The van der Waals surface area contributed by atoms with Gasteiger partial charge in [-0.1, -0.05) is 115 Å². The lowest BCUT2D eigenvalue weighted by Crippen LogP contribution is -1.95. The molecule has 2 heteroatoms. The molecule has 1 heterocycles. The molecular formula is C29H22N2. The molecule has 0 unspecified atom stereocenters. The smallest absolute Gasteiger partial charge is 0.160 e. The monoisotopic (exact) mass is 398 g/mol. The van der Waals surface area contributed by atoms with E-state index in [1.807, 2.05) is 36.4 Å². The first-order valence-electron chi connectivity index (χ1n) is 10.4. The Labute approximate surface area is 182 Å². The quantitative estimate of drug-likeness (QED) is 0.314. The lowest BCUT2D eigenvalue weighted by molar-refractivity contribution is 1.18. The molecule has 0 aliphatic rings. The van der Waals surface area contributed by atoms with Gasteiger partial charge < -0.3 is 0 Å². The molecule has 0 aliphatic carbocycles. The van der Waals surface area contributed by atoms with Crippen molar-refractivity contribution in [3.05, 3.63) is 121 Å². The molecular weight excluding hydrogens is 376 g/mol. The summed E-state index contributed by atoms with van der Waals surface area (Å²) in [5, 5.41) is 0. The van der Waals surface area contributed by atoms with E-state index in [1.54, 1.807) is 0 Å². The number of hydrogen-bond acceptors (Lipinski definition) is 2. The van der Waals surface area contributed by atoms with E-state index in [2.05, 4.69) is 85.8 Å². The maximum atomic E-state index is 4.90. The van der Waals surface area contributed by atoms with Crippen molar-refractivity contribution in [1.29, 1.82) is 0 Å². The maximum absolute atomic E-state index is 4.90. The van der Waals surface area contributed by atoms with Crippen molar-refractivity contribution < 1.29 is 0 Å². The third kappa shape index (κ3) is 4.15. The molecule has 148 valence electrons. The van der Waals surface area contributed by atoms with Gasteiger partial charge in [-0.2, -0.15) is 0 Å². The van der Waals surface area contributed by atoms with Gasteiger partial charge in [0.05, 0.1) is 11.4 Å². The molecule has 0 radical (unpaired) electrons. The molecule has 0 aliphatic heterocycles. The minimum absolute atomic E-state index is 0.732. The summed E-state index contributed by atoms with van der Waals surface area (Å²) in [6.45, 7) is 2.11. The Kier molecular flexibility index (Phi) is 5.12. The molecule has 0 fully saturated rings. The molecule has 5 aromatic rings. The van der Waals surface area contributed by atoms with E-state index in [1.165, 1.54) is 16.7 Å². The van der Waals surface area contributed by atoms with E-state index >= 15 is 0 Å². The van der Waals surface area contributed by atoms with Gasteiger partial charge >= 0.3 is 0 Å². The number of nitrogens with zero attached hydrogens (tertiary/aromatic N) is 2. The van der Waals surface area contributed by atoms with E-state index in [4.69, 9.17) is 9.97 Å². The predicted molar refractivity (Wildman–Crippen MR) is 129 cm³/mol. The Morgan fingerprint density at radius 2 is 0.839 bits per heavy atom. The predicted octanol–water partition coefficient (Wildman–Crippen LogP) is 7.45. The SMILES string of the molecule is Cc1ccc(-c2ccc(-c3nc(-c4ccccc4)cc(-c4ccccc4)n3)cc2)cc1. The van der Waals surface area contributed by atoms with E-state index < -0.39 is 0 Å². The van der Waals surface area contributed by atoms with Crippen LogP contribution in [0.15, 0.2) is 115 Å². The second kappa shape index (κ2) is 8.37. The Morgan fingerprint density at radius 3 is 1.32 bits per heavy atom. The lowest BCUT2D eigenvalue weighted by atomic mass is 10.0. The highest BCUT2D eigenvalue weighted by Crippen LogP contribution is 2.29. The van der Waals surface area contributed by atoms with E-state index in [0.29, 0.717) is 0 Å². The van der Waals surface area contributed by atoms with Gasteiger partial charge in [0, 0.05) is 16.7 Å². The molecule has 0 atom stereocenters. The van der Waals surface area contributed by atoms with Gasteiger partial charge in [0.25, 0.3) is 0 Å². The molecule has 0 bridgehead atoms. The summed E-state index contributed by atoms with van der Waals surface area (Å²) in [7, 11) is 0. The van der Waals surface area contributed by atoms with Gasteiger partial charge in [0.15, 0.2) is 5.82 Å². The minimum atomic E-state index is 0.732. The van der Waals surface area contributed by atoms with Crippen LogP contribution in [0.3, 0.4) is 0 Å². The van der Waals surface area contributed by atoms with Gasteiger partial charge in [-0.15, -0.1) is 0 Å². The Bertz CT molecular complexity index is 1230. The van der Waals surface area contributed by atoms with E-state index in [9.17, 15) is 0 Å². The van der Waals surface area contributed by atoms with Crippen molar-refractivity contribution in [2.24, 2.45) is 0 Å². The largest absolute Gasteiger partial charge is 0.228 e. The maximum Gasteiger partial charge on any atom is 0.160 e. The van der Waals surface area contributed by atoms with Crippen molar-refractivity contribution in [1.82, 2.24) is 9.97 Å². The van der Waals surface area contributed by atoms with Crippen LogP contribution in [-0.2, 0) is 0 Å². The highest BCUT2D eigenvalue weighted by atomic mass is 14.9. The van der Waals surface area contributed by atoms with Crippen LogP contribution >= 0.6 is 0 Å². The first kappa shape index (κ1) is 19.0. The summed E-state index contributed by atoms with van der Waals surface area (Å²) in [5.41, 5.74) is 8.68. The summed E-state index contributed by atoms with van der Waals surface area (Å²) in [5.74, 6) is 0.732. The van der Waals surface area contributed by atoms with Gasteiger partial charge in [-0.05, 0) is 24.1 Å². The molecule has 0 saturated carbocycles. The fourth-order valence-corrected chi connectivity index (χ4v) is 3.65. The van der Waals surface area contributed by atoms with Gasteiger partial charge in [0.1, 0.15) is 0 Å². The average molecular weight is 399 g/mol. The Hall–Kier alpha value is -4.04. The fourth-order valence-electron chi connectivity index (χ4n) is 3.65. The third-order valence-corrected chi connectivity index (χ3v) is 5.39. The molecule has 5 rings (SSSR count).